The number of hydrogen-bond acceptors (Lipinski definition) is 2. The largest absolute Gasteiger partial charge is 0.292 e. The van der Waals surface area contributed by atoms with Crippen LogP contribution in [0.25, 0.3) is 28.1 Å². The van der Waals surface area contributed by atoms with Gasteiger partial charge in [0.2, 0.25) is 0 Å². The summed E-state index contributed by atoms with van der Waals surface area (Å²) in [7, 11) is 0. The lowest BCUT2D eigenvalue weighted by Gasteiger charge is -2.16. The molecule has 3 nitrogen and oxygen atoms in total. The molecule has 0 aliphatic carbocycles. The van der Waals surface area contributed by atoms with Crippen LogP contribution < -0.4 is 0 Å². The van der Waals surface area contributed by atoms with Crippen molar-refractivity contribution in [1.29, 1.82) is 0 Å². The third-order valence-corrected chi connectivity index (χ3v) is 5.48. The maximum atomic E-state index is 14.8. The van der Waals surface area contributed by atoms with Crippen molar-refractivity contribution in [3.05, 3.63) is 109 Å². The third kappa shape index (κ3) is 3.58. The zero-order valence-corrected chi connectivity index (χ0v) is 16.6. The maximum absolute atomic E-state index is 14.8. The molecule has 0 atom stereocenters. The first-order chi connectivity index (χ1) is 14.8. The van der Waals surface area contributed by atoms with E-state index in [4.69, 9.17) is 0 Å². The standard InChI is InChI=1S/C26H22FN3/c27-25-11-5-4-10-24(25)26-22(19-29-16-6-7-17-29)18-28-30(26)23-14-12-21(13-15-23)20-8-2-1-3-9-20/h1-15,18H,16-17,19H2. The molecule has 148 valence electrons. The van der Waals surface area contributed by atoms with Gasteiger partial charge in [-0.25, -0.2) is 9.07 Å². The third-order valence-electron chi connectivity index (χ3n) is 5.48. The van der Waals surface area contributed by atoms with Gasteiger partial charge in [0.15, 0.2) is 0 Å². The van der Waals surface area contributed by atoms with E-state index in [0.717, 1.165) is 42.1 Å². The van der Waals surface area contributed by atoms with E-state index < -0.39 is 0 Å². The normalized spacial score (nSPS) is 13.8. The van der Waals surface area contributed by atoms with Gasteiger partial charge in [-0.15, -0.1) is 0 Å². The minimum absolute atomic E-state index is 0.235. The van der Waals surface area contributed by atoms with Crippen LogP contribution in [0.2, 0.25) is 0 Å². The van der Waals surface area contributed by atoms with Crippen molar-refractivity contribution in [1.82, 2.24) is 14.7 Å². The van der Waals surface area contributed by atoms with Crippen LogP contribution in [-0.2, 0) is 6.54 Å². The summed E-state index contributed by atoms with van der Waals surface area (Å²) in [5, 5.41) is 4.65. The minimum Gasteiger partial charge on any atom is -0.292 e. The zero-order valence-electron chi connectivity index (χ0n) is 16.6. The molecule has 5 rings (SSSR count). The van der Waals surface area contributed by atoms with Crippen molar-refractivity contribution in [3.8, 4) is 28.1 Å². The van der Waals surface area contributed by atoms with Gasteiger partial charge in [0.1, 0.15) is 5.82 Å². The molecule has 3 aromatic carbocycles. The molecule has 0 bridgehead atoms. The highest BCUT2D eigenvalue weighted by atomic mass is 19.1. The van der Waals surface area contributed by atoms with Crippen LogP contribution in [-0.4, -0.2) is 27.8 Å². The van der Waals surface area contributed by atoms with Gasteiger partial charge in [-0.05, 0) is 35.4 Å². The fraction of sp³-hybridized carbons (Fsp3) is 0.115. The summed E-state index contributed by atoms with van der Waals surface area (Å²) in [4.78, 5) is 2.31. The van der Waals surface area contributed by atoms with Crippen LogP contribution in [0.5, 0.6) is 0 Å². The van der Waals surface area contributed by atoms with Crippen molar-refractivity contribution in [2.24, 2.45) is 0 Å². The Morgan fingerprint density at radius 1 is 0.767 bits per heavy atom. The van der Waals surface area contributed by atoms with Crippen molar-refractivity contribution in [2.45, 2.75) is 6.54 Å². The van der Waals surface area contributed by atoms with E-state index in [1.807, 2.05) is 53.3 Å². The van der Waals surface area contributed by atoms with Crippen LogP contribution in [0.3, 0.4) is 0 Å². The monoisotopic (exact) mass is 395 g/mol. The molecule has 0 radical (unpaired) electrons. The quantitative estimate of drug-likeness (QED) is 0.403. The Morgan fingerprint density at radius 3 is 2.17 bits per heavy atom. The van der Waals surface area contributed by atoms with Crippen molar-refractivity contribution < 1.29 is 4.39 Å². The Morgan fingerprint density at radius 2 is 1.43 bits per heavy atom. The fourth-order valence-electron chi connectivity index (χ4n) is 3.95. The van der Waals surface area contributed by atoms with Crippen molar-refractivity contribution in [2.75, 3.05) is 13.1 Å². The molecule has 0 spiro atoms. The predicted octanol–water partition coefficient (Wildman–Crippen LogP) is 5.72. The summed E-state index contributed by atoms with van der Waals surface area (Å²) in [6.07, 6.45) is 6.19. The van der Waals surface area contributed by atoms with E-state index in [1.54, 1.807) is 6.07 Å². The van der Waals surface area contributed by atoms with Crippen molar-refractivity contribution >= 4 is 0 Å². The Kier molecular flexibility index (Phi) is 4.99. The average Bonchev–Trinajstić information content (AvgIpc) is 3.45. The Balaban J connectivity index is 1.56. The molecule has 1 aliphatic heterocycles. The summed E-state index contributed by atoms with van der Waals surface area (Å²) in [5.41, 5.74) is 5.63. The molecule has 0 saturated heterocycles. The second kappa shape index (κ2) is 8.09. The summed E-state index contributed by atoms with van der Waals surface area (Å²) in [6.45, 7) is 2.56. The average molecular weight is 395 g/mol. The SMILES string of the molecule is Fc1ccccc1-c1c(CN2CC=CC2)cnn1-c1ccc(-c2ccccc2)cc1. The molecule has 0 unspecified atom stereocenters. The molecule has 0 saturated carbocycles. The summed E-state index contributed by atoms with van der Waals surface area (Å²) < 4.78 is 16.6. The lowest BCUT2D eigenvalue weighted by molar-refractivity contribution is 0.346. The Hall–Kier alpha value is -3.50. The molecular weight excluding hydrogens is 373 g/mol. The van der Waals surface area contributed by atoms with E-state index in [2.05, 4.69) is 46.4 Å². The van der Waals surface area contributed by atoms with Gasteiger partial charge in [0.05, 0.1) is 17.6 Å². The van der Waals surface area contributed by atoms with Gasteiger partial charge in [-0.2, -0.15) is 5.10 Å². The van der Waals surface area contributed by atoms with Crippen LogP contribution in [0.1, 0.15) is 5.56 Å². The summed E-state index contributed by atoms with van der Waals surface area (Å²) in [6, 6.07) is 25.4. The second-order valence-electron chi connectivity index (χ2n) is 7.49. The van der Waals surface area contributed by atoms with Gasteiger partial charge >= 0.3 is 0 Å². The highest BCUT2D eigenvalue weighted by Crippen LogP contribution is 2.31. The number of halogens is 1. The smallest absolute Gasteiger partial charge is 0.132 e. The Labute approximate surface area is 175 Å². The molecule has 0 amide bonds. The molecule has 30 heavy (non-hydrogen) atoms. The fourth-order valence-corrected chi connectivity index (χ4v) is 3.95. The second-order valence-corrected chi connectivity index (χ2v) is 7.49. The molecule has 4 heteroatoms. The number of aromatic nitrogens is 2. The van der Waals surface area contributed by atoms with E-state index >= 15 is 0 Å². The molecule has 0 N–H and O–H groups in total. The maximum Gasteiger partial charge on any atom is 0.132 e. The highest BCUT2D eigenvalue weighted by Gasteiger charge is 2.20. The minimum atomic E-state index is -0.235. The first kappa shape index (κ1) is 18.5. The molecule has 4 aromatic rings. The number of nitrogens with zero attached hydrogens (tertiary/aromatic N) is 3. The lowest BCUT2D eigenvalue weighted by atomic mass is 10.0. The highest BCUT2D eigenvalue weighted by molar-refractivity contribution is 5.68. The van der Waals surface area contributed by atoms with Crippen molar-refractivity contribution in [3.63, 3.8) is 0 Å². The molecule has 1 aromatic heterocycles. The van der Waals surface area contributed by atoms with Crippen LogP contribution in [0, 0.1) is 5.82 Å². The van der Waals surface area contributed by atoms with E-state index in [9.17, 15) is 4.39 Å². The molecule has 1 aliphatic rings. The van der Waals surface area contributed by atoms with Gasteiger partial charge in [0, 0.05) is 30.8 Å². The zero-order chi connectivity index (χ0) is 20.3. The first-order valence-electron chi connectivity index (χ1n) is 10.1. The van der Waals surface area contributed by atoms with Gasteiger partial charge in [0.25, 0.3) is 0 Å². The summed E-state index contributed by atoms with van der Waals surface area (Å²) in [5.74, 6) is -0.235. The predicted molar refractivity (Wildman–Crippen MR) is 119 cm³/mol. The van der Waals surface area contributed by atoms with E-state index in [0.29, 0.717) is 5.56 Å². The van der Waals surface area contributed by atoms with Crippen LogP contribution in [0.15, 0.2) is 97.2 Å². The number of hydrogen-bond donors (Lipinski definition) is 0. The molecule has 0 fully saturated rings. The lowest BCUT2D eigenvalue weighted by Crippen LogP contribution is -2.19. The van der Waals surface area contributed by atoms with Gasteiger partial charge < -0.3 is 0 Å². The van der Waals surface area contributed by atoms with E-state index in [1.165, 1.54) is 11.6 Å². The summed E-state index contributed by atoms with van der Waals surface area (Å²) >= 11 is 0. The van der Waals surface area contributed by atoms with Crippen LogP contribution in [0.4, 0.5) is 4.39 Å². The molecule has 2 heterocycles. The number of rotatable bonds is 5. The van der Waals surface area contributed by atoms with Gasteiger partial charge in [-0.1, -0.05) is 66.7 Å². The first-order valence-corrected chi connectivity index (χ1v) is 10.1. The van der Waals surface area contributed by atoms with E-state index in [-0.39, 0.29) is 5.82 Å². The van der Waals surface area contributed by atoms with Crippen LogP contribution >= 0.6 is 0 Å². The number of benzene rings is 3. The molecular formula is C26H22FN3. The van der Waals surface area contributed by atoms with Gasteiger partial charge in [-0.3, -0.25) is 4.90 Å². The Bertz CT molecular complexity index is 1170. The topological polar surface area (TPSA) is 21.1 Å².